The van der Waals surface area contributed by atoms with Crippen LogP contribution in [0.2, 0.25) is 0 Å². The van der Waals surface area contributed by atoms with Crippen LogP contribution in [0, 0.1) is 0 Å². The zero-order chi connectivity index (χ0) is 27.1. The Morgan fingerprint density at radius 1 is 1.06 bits per heavy atom. The van der Waals surface area contributed by atoms with Crippen LogP contribution in [0.3, 0.4) is 0 Å². The highest BCUT2D eigenvalue weighted by molar-refractivity contribution is 5.77. The number of pyridine rings is 1. The van der Waals surface area contributed by atoms with Gasteiger partial charge in [-0.05, 0) is 24.6 Å². The summed E-state index contributed by atoms with van der Waals surface area (Å²) in [5.41, 5.74) is 1.18. The van der Waals surface area contributed by atoms with E-state index in [-0.39, 0.29) is 11.9 Å². The van der Waals surface area contributed by atoms with Crippen LogP contribution in [-0.4, -0.2) is 83.1 Å². The number of ether oxygens (including phenoxy) is 1. The molecule has 0 aromatic carbocycles. The molecule has 0 aliphatic carbocycles. The maximum Gasteiger partial charge on any atom is 0.490 e. The molecule has 1 unspecified atom stereocenters. The van der Waals surface area contributed by atoms with E-state index >= 15 is 0 Å². The van der Waals surface area contributed by atoms with Crippen molar-refractivity contribution in [2.24, 2.45) is 0 Å². The summed E-state index contributed by atoms with van der Waals surface area (Å²) >= 11 is 0. The van der Waals surface area contributed by atoms with Gasteiger partial charge >= 0.3 is 24.3 Å². The molecule has 0 saturated carbocycles. The first kappa shape index (κ1) is 31.8. The third-order valence-electron chi connectivity index (χ3n) is 4.09. The number of carboxylic acids is 2. The van der Waals surface area contributed by atoms with Crippen molar-refractivity contribution in [1.29, 1.82) is 0 Å². The Morgan fingerprint density at radius 2 is 1.51 bits per heavy atom. The summed E-state index contributed by atoms with van der Waals surface area (Å²) in [6, 6.07) is 4.20. The number of carbonyl (C=O) groups is 3. The molecule has 2 rings (SSSR count). The van der Waals surface area contributed by atoms with Gasteiger partial charge in [0.25, 0.3) is 0 Å². The Balaban J connectivity index is 0.000000680. The number of rotatable bonds is 6. The third-order valence-corrected chi connectivity index (χ3v) is 4.09. The zero-order valence-corrected chi connectivity index (χ0v) is 18.5. The lowest BCUT2D eigenvalue weighted by Gasteiger charge is -2.34. The van der Waals surface area contributed by atoms with Crippen LogP contribution >= 0.6 is 0 Å². The van der Waals surface area contributed by atoms with Gasteiger partial charge in [-0.1, -0.05) is 12.2 Å². The highest BCUT2D eigenvalue weighted by atomic mass is 19.4. The van der Waals surface area contributed by atoms with Crippen molar-refractivity contribution in [2.45, 2.75) is 31.7 Å². The van der Waals surface area contributed by atoms with Gasteiger partial charge in [0.2, 0.25) is 5.91 Å². The number of aliphatic carboxylic acids is 2. The van der Waals surface area contributed by atoms with E-state index in [0.717, 1.165) is 26.3 Å². The number of aromatic nitrogens is 1. The number of amides is 1. The second-order valence-electron chi connectivity index (χ2n) is 6.63. The van der Waals surface area contributed by atoms with E-state index in [0.29, 0.717) is 13.0 Å². The zero-order valence-electron chi connectivity index (χ0n) is 18.5. The molecule has 2 heterocycles. The maximum atomic E-state index is 11.8. The van der Waals surface area contributed by atoms with E-state index in [1.165, 1.54) is 5.56 Å². The van der Waals surface area contributed by atoms with Crippen molar-refractivity contribution in [3.8, 4) is 0 Å². The second-order valence-corrected chi connectivity index (χ2v) is 6.63. The maximum absolute atomic E-state index is 11.8. The highest BCUT2D eigenvalue weighted by Gasteiger charge is 2.38. The minimum absolute atomic E-state index is 0.0559. The number of hydrogen-bond acceptors (Lipinski definition) is 6. The van der Waals surface area contributed by atoms with E-state index in [4.69, 9.17) is 24.5 Å². The molecule has 1 fully saturated rings. The fourth-order valence-electron chi connectivity index (χ4n) is 2.44. The average molecular weight is 517 g/mol. The number of hydrogen-bond donors (Lipinski definition) is 3. The molecular weight excluding hydrogens is 492 g/mol. The van der Waals surface area contributed by atoms with Gasteiger partial charge in [0.15, 0.2) is 0 Å². The van der Waals surface area contributed by atoms with Gasteiger partial charge in [0.1, 0.15) is 0 Å². The van der Waals surface area contributed by atoms with Gasteiger partial charge in [-0.3, -0.25) is 14.7 Å². The molecule has 0 radical (unpaired) electrons. The van der Waals surface area contributed by atoms with Crippen molar-refractivity contribution in [3.63, 3.8) is 0 Å². The number of nitrogens with one attached hydrogen (secondary N) is 1. The molecule has 1 aromatic rings. The largest absolute Gasteiger partial charge is 0.490 e. The Hall–Kier alpha value is -3.20. The van der Waals surface area contributed by atoms with Crippen molar-refractivity contribution < 1.29 is 55.7 Å². The number of alkyl halides is 6. The lowest BCUT2D eigenvalue weighted by atomic mass is 10.1. The average Bonchev–Trinajstić information content (AvgIpc) is 2.79. The summed E-state index contributed by atoms with van der Waals surface area (Å²) in [6.45, 7) is 5.79. The van der Waals surface area contributed by atoms with Gasteiger partial charge in [-0.25, -0.2) is 9.59 Å². The lowest BCUT2D eigenvalue weighted by molar-refractivity contribution is -0.193. The Morgan fingerprint density at radius 3 is 1.91 bits per heavy atom. The van der Waals surface area contributed by atoms with Crippen LogP contribution in [0.25, 0.3) is 0 Å². The van der Waals surface area contributed by atoms with Gasteiger partial charge in [-0.15, -0.1) is 0 Å². The molecule has 0 spiro atoms. The summed E-state index contributed by atoms with van der Waals surface area (Å²) < 4.78 is 68.9. The van der Waals surface area contributed by atoms with Crippen molar-refractivity contribution in [2.75, 3.05) is 32.8 Å². The Bertz CT molecular complexity index is 788. The Kier molecular flexibility index (Phi) is 14.2. The van der Waals surface area contributed by atoms with Gasteiger partial charge in [0, 0.05) is 38.4 Å². The quantitative estimate of drug-likeness (QED) is 0.388. The lowest BCUT2D eigenvalue weighted by Crippen LogP contribution is -2.43. The fourth-order valence-corrected chi connectivity index (χ4v) is 2.44. The van der Waals surface area contributed by atoms with Crippen LogP contribution in [0.1, 0.15) is 24.9 Å². The van der Waals surface area contributed by atoms with Crippen LogP contribution in [0.5, 0.6) is 0 Å². The van der Waals surface area contributed by atoms with Gasteiger partial charge < -0.3 is 20.3 Å². The fraction of sp³-hybridized carbons (Fsp3) is 0.500. The normalized spacial score (nSPS) is 15.2. The molecule has 1 atom stereocenters. The molecule has 35 heavy (non-hydrogen) atoms. The number of halogens is 6. The predicted molar refractivity (Wildman–Crippen MR) is 109 cm³/mol. The second kappa shape index (κ2) is 15.7. The molecule has 15 heteroatoms. The SMILES string of the molecule is C/C=C/CC(=O)NCC(c1ccncc1)N1CCOCC1.O=C(O)C(F)(F)F.O=C(O)C(F)(F)F. The van der Waals surface area contributed by atoms with Crippen molar-refractivity contribution in [1.82, 2.24) is 15.2 Å². The van der Waals surface area contributed by atoms with Crippen molar-refractivity contribution >= 4 is 17.8 Å². The minimum atomic E-state index is -5.08. The summed E-state index contributed by atoms with van der Waals surface area (Å²) in [4.78, 5) is 36.0. The minimum Gasteiger partial charge on any atom is -0.475 e. The number of carbonyl (C=O) groups excluding carboxylic acids is 1. The van der Waals surface area contributed by atoms with E-state index in [9.17, 15) is 31.1 Å². The number of morpholine rings is 1. The first-order chi connectivity index (χ1) is 16.2. The molecule has 198 valence electrons. The number of carboxylic acid groups (broad SMARTS) is 2. The van der Waals surface area contributed by atoms with E-state index in [2.05, 4.69) is 15.2 Å². The van der Waals surface area contributed by atoms with E-state index < -0.39 is 24.3 Å². The molecule has 3 N–H and O–H groups in total. The van der Waals surface area contributed by atoms with Crippen LogP contribution < -0.4 is 5.32 Å². The van der Waals surface area contributed by atoms with Gasteiger partial charge in [0.05, 0.1) is 19.3 Å². The molecular formula is C20H25F6N3O6. The first-order valence-corrected chi connectivity index (χ1v) is 9.89. The molecule has 1 amide bonds. The smallest absolute Gasteiger partial charge is 0.475 e. The molecule has 0 bridgehead atoms. The number of nitrogens with zero attached hydrogens (tertiary/aromatic N) is 2. The van der Waals surface area contributed by atoms with Crippen LogP contribution in [0.4, 0.5) is 26.3 Å². The van der Waals surface area contributed by atoms with Crippen molar-refractivity contribution in [3.05, 3.63) is 42.2 Å². The summed E-state index contributed by atoms with van der Waals surface area (Å²) in [6.07, 6.45) is -2.38. The van der Waals surface area contributed by atoms with Gasteiger partial charge in [-0.2, -0.15) is 26.3 Å². The Labute approximate surface area is 196 Å². The molecule has 1 aliphatic rings. The van der Waals surface area contributed by atoms with Crippen LogP contribution in [0.15, 0.2) is 36.7 Å². The van der Waals surface area contributed by atoms with E-state index in [1.807, 2.05) is 31.2 Å². The number of allylic oxidation sites excluding steroid dienone is 1. The first-order valence-electron chi connectivity index (χ1n) is 9.89. The molecule has 1 aliphatic heterocycles. The topological polar surface area (TPSA) is 129 Å². The summed E-state index contributed by atoms with van der Waals surface area (Å²) in [5, 5.41) is 17.3. The summed E-state index contributed by atoms with van der Waals surface area (Å²) in [7, 11) is 0. The van der Waals surface area contributed by atoms with Crippen LogP contribution in [-0.2, 0) is 19.1 Å². The molecule has 9 nitrogen and oxygen atoms in total. The molecule has 1 aromatic heterocycles. The monoisotopic (exact) mass is 517 g/mol. The summed E-state index contributed by atoms with van der Waals surface area (Å²) in [5.74, 6) is -5.46. The van der Waals surface area contributed by atoms with E-state index in [1.54, 1.807) is 12.4 Å². The molecule has 1 saturated heterocycles. The highest BCUT2D eigenvalue weighted by Crippen LogP contribution is 2.20. The standard InChI is InChI=1S/C16H23N3O2.2C2HF3O2/c1-2-3-4-16(20)18-13-15(14-5-7-17-8-6-14)19-9-11-21-12-10-19;2*3-2(4,5)1(6)7/h2-3,5-8,15H,4,9-13H2,1H3,(H,18,20);2*(H,6,7)/b3-2+;;. The third kappa shape index (κ3) is 14.6. The predicted octanol–water partition coefficient (Wildman–Crippen LogP) is 2.80.